The summed E-state index contributed by atoms with van der Waals surface area (Å²) in [5, 5.41) is 7.64. The number of hydrogen-bond donors (Lipinski definition) is 1. The van der Waals surface area contributed by atoms with Crippen molar-refractivity contribution in [2.24, 2.45) is 0 Å². The highest BCUT2D eigenvalue weighted by molar-refractivity contribution is 9.10. The van der Waals surface area contributed by atoms with Gasteiger partial charge in [-0.15, -0.1) is 0 Å². The summed E-state index contributed by atoms with van der Waals surface area (Å²) >= 11 is 3.37. The average Bonchev–Trinajstić information content (AvgIpc) is 2.47. The van der Waals surface area contributed by atoms with Crippen molar-refractivity contribution in [2.75, 3.05) is 0 Å². The molecule has 1 aromatic heterocycles. The van der Waals surface area contributed by atoms with E-state index >= 15 is 0 Å². The van der Waals surface area contributed by atoms with E-state index in [0.717, 1.165) is 15.4 Å². The lowest BCUT2D eigenvalue weighted by Gasteiger charge is -2.11. The molecule has 74 valence electrons. The minimum Gasteiger partial charge on any atom is -0.278 e. The minimum absolute atomic E-state index is 0.522. The van der Waals surface area contributed by atoms with E-state index in [-0.39, 0.29) is 0 Å². The van der Waals surface area contributed by atoms with Crippen molar-refractivity contribution in [3.05, 3.63) is 28.4 Å². The molecular weight excluding hydrogens is 247 g/mol. The van der Waals surface area contributed by atoms with Gasteiger partial charge in [0.25, 0.3) is 0 Å². The lowest BCUT2D eigenvalue weighted by molar-refractivity contribution is 0.216. The monoisotopic (exact) mass is 256 g/mol. The van der Waals surface area contributed by atoms with Gasteiger partial charge in [0, 0.05) is 9.86 Å². The first-order chi connectivity index (χ1) is 6.50. The third kappa shape index (κ3) is 1.43. The maximum atomic E-state index is 13.7. The normalized spacial score (nSPS) is 12.3. The van der Waals surface area contributed by atoms with Crippen LogP contribution in [-0.4, -0.2) is 10.2 Å². The number of para-hydroxylation sites is 1. The molecule has 0 bridgehead atoms. The summed E-state index contributed by atoms with van der Waals surface area (Å²) in [4.78, 5) is 0. The predicted molar refractivity (Wildman–Crippen MR) is 57.9 cm³/mol. The Kier molecular flexibility index (Phi) is 2.10. The van der Waals surface area contributed by atoms with Gasteiger partial charge < -0.3 is 0 Å². The summed E-state index contributed by atoms with van der Waals surface area (Å²) in [7, 11) is 0. The predicted octanol–water partition coefficient (Wildman–Crippen LogP) is 3.53. The van der Waals surface area contributed by atoms with Crippen molar-refractivity contribution in [1.29, 1.82) is 0 Å². The Morgan fingerprint density at radius 1 is 1.43 bits per heavy atom. The molecule has 0 aliphatic heterocycles. The molecule has 4 heteroatoms. The smallest absolute Gasteiger partial charge is 0.147 e. The van der Waals surface area contributed by atoms with Crippen molar-refractivity contribution >= 4 is 26.8 Å². The molecule has 0 fully saturated rings. The number of rotatable bonds is 1. The highest BCUT2D eigenvalue weighted by Gasteiger charge is 2.24. The minimum atomic E-state index is -1.39. The van der Waals surface area contributed by atoms with Gasteiger partial charge in [-0.1, -0.05) is 12.1 Å². The number of aromatic nitrogens is 2. The zero-order valence-corrected chi connectivity index (χ0v) is 9.52. The van der Waals surface area contributed by atoms with E-state index in [2.05, 4.69) is 26.1 Å². The van der Waals surface area contributed by atoms with Crippen LogP contribution < -0.4 is 0 Å². The van der Waals surface area contributed by atoms with Gasteiger partial charge >= 0.3 is 0 Å². The summed E-state index contributed by atoms with van der Waals surface area (Å²) in [6.45, 7) is 3.03. The molecule has 0 aliphatic rings. The zero-order chi connectivity index (χ0) is 10.3. The first-order valence-corrected chi connectivity index (χ1v) is 5.11. The fourth-order valence-corrected chi connectivity index (χ4v) is 1.91. The molecule has 2 rings (SSSR count). The van der Waals surface area contributed by atoms with Crippen molar-refractivity contribution in [3.8, 4) is 0 Å². The molecule has 2 nitrogen and oxygen atoms in total. The zero-order valence-electron chi connectivity index (χ0n) is 7.94. The van der Waals surface area contributed by atoms with Crippen LogP contribution in [0.1, 0.15) is 19.5 Å². The van der Waals surface area contributed by atoms with E-state index in [1.807, 2.05) is 18.2 Å². The Labute approximate surface area is 89.6 Å². The molecule has 2 aromatic rings. The van der Waals surface area contributed by atoms with Crippen LogP contribution in [0.5, 0.6) is 0 Å². The van der Waals surface area contributed by atoms with Gasteiger partial charge in [0.05, 0.1) is 5.69 Å². The number of fused-ring (bicyclic) bond motifs is 1. The van der Waals surface area contributed by atoms with Gasteiger partial charge in [0.15, 0.2) is 0 Å². The topological polar surface area (TPSA) is 28.7 Å². The van der Waals surface area contributed by atoms with Crippen LogP contribution in [0.4, 0.5) is 4.39 Å². The third-order valence-corrected chi connectivity index (χ3v) is 2.77. The fourth-order valence-electron chi connectivity index (χ4n) is 1.46. The number of benzene rings is 1. The summed E-state index contributed by atoms with van der Waals surface area (Å²) in [6.07, 6.45) is 0. The Bertz CT molecular complexity index is 470. The fraction of sp³-hybridized carbons (Fsp3) is 0.300. The lowest BCUT2D eigenvalue weighted by atomic mass is 10.0. The van der Waals surface area contributed by atoms with Crippen LogP contribution in [0.15, 0.2) is 22.7 Å². The first-order valence-electron chi connectivity index (χ1n) is 4.32. The van der Waals surface area contributed by atoms with Crippen LogP contribution in [0.2, 0.25) is 0 Å². The maximum absolute atomic E-state index is 13.7. The summed E-state index contributed by atoms with van der Waals surface area (Å²) in [5.41, 5.74) is -0.0998. The average molecular weight is 257 g/mol. The maximum Gasteiger partial charge on any atom is 0.147 e. The number of nitrogens with one attached hydrogen (secondary N) is 1. The van der Waals surface area contributed by atoms with Gasteiger partial charge in [-0.3, -0.25) is 5.10 Å². The summed E-state index contributed by atoms with van der Waals surface area (Å²) in [6, 6.07) is 5.62. The van der Waals surface area contributed by atoms with Gasteiger partial charge in [-0.25, -0.2) is 4.39 Å². The Morgan fingerprint density at radius 3 is 2.79 bits per heavy atom. The molecule has 1 heterocycles. The molecule has 0 amide bonds. The number of aromatic amines is 1. The molecular formula is C10H10BrFN2. The van der Waals surface area contributed by atoms with Crippen LogP contribution >= 0.6 is 15.9 Å². The molecule has 0 atom stereocenters. The van der Waals surface area contributed by atoms with Crippen molar-refractivity contribution < 1.29 is 4.39 Å². The number of hydrogen-bond acceptors (Lipinski definition) is 1. The highest BCUT2D eigenvalue weighted by Crippen LogP contribution is 2.31. The Balaban J connectivity index is 2.76. The van der Waals surface area contributed by atoms with Crippen LogP contribution in [0, 0.1) is 0 Å². The van der Waals surface area contributed by atoms with Gasteiger partial charge in [-0.05, 0) is 35.8 Å². The van der Waals surface area contributed by atoms with E-state index in [9.17, 15) is 4.39 Å². The SMILES string of the molecule is CC(C)(F)c1[nH]nc2c(Br)cccc12. The molecule has 0 saturated heterocycles. The standard InChI is InChI=1S/C10H10BrFN2/c1-10(2,12)9-6-4-3-5-7(11)8(6)13-14-9/h3-5H,1-2H3,(H,13,14). The second-order valence-corrected chi connectivity index (χ2v) is 4.56. The van der Waals surface area contributed by atoms with E-state index in [1.165, 1.54) is 13.8 Å². The molecule has 14 heavy (non-hydrogen) atoms. The Hall–Kier alpha value is -0.900. The number of H-pyrrole nitrogens is 1. The number of nitrogens with zero attached hydrogens (tertiary/aromatic N) is 1. The lowest BCUT2D eigenvalue weighted by Crippen LogP contribution is -2.09. The van der Waals surface area contributed by atoms with Gasteiger partial charge in [-0.2, -0.15) is 5.10 Å². The van der Waals surface area contributed by atoms with E-state index in [0.29, 0.717) is 5.69 Å². The van der Waals surface area contributed by atoms with Crippen molar-refractivity contribution in [3.63, 3.8) is 0 Å². The summed E-state index contributed by atoms with van der Waals surface area (Å²) in [5.74, 6) is 0. The van der Waals surface area contributed by atoms with Crippen LogP contribution in [0.25, 0.3) is 10.9 Å². The third-order valence-electron chi connectivity index (χ3n) is 2.13. The quantitative estimate of drug-likeness (QED) is 0.831. The number of halogens is 2. The van der Waals surface area contributed by atoms with E-state index in [1.54, 1.807) is 0 Å². The number of alkyl halides is 1. The second-order valence-electron chi connectivity index (χ2n) is 3.71. The molecule has 1 N–H and O–H groups in total. The molecule has 0 radical (unpaired) electrons. The largest absolute Gasteiger partial charge is 0.278 e. The van der Waals surface area contributed by atoms with Crippen LogP contribution in [0.3, 0.4) is 0 Å². The van der Waals surface area contributed by atoms with Crippen molar-refractivity contribution in [2.45, 2.75) is 19.5 Å². The van der Waals surface area contributed by atoms with Crippen molar-refractivity contribution in [1.82, 2.24) is 10.2 Å². The van der Waals surface area contributed by atoms with E-state index < -0.39 is 5.67 Å². The molecule has 0 unspecified atom stereocenters. The van der Waals surface area contributed by atoms with Crippen LogP contribution in [-0.2, 0) is 5.67 Å². The second kappa shape index (κ2) is 3.05. The summed E-state index contributed by atoms with van der Waals surface area (Å²) < 4.78 is 14.6. The first kappa shape index (κ1) is 9.65. The molecule has 0 aliphatic carbocycles. The van der Waals surface area contributed by atoms with Gasteiger partial charge in [0.1, 0.15) is 11.2 Å². The van der Waals surface area contributed by atoms with Gasteiger partial charge in [0.2, 0.25) is 0 Å². The van der Waals surface area contributed by atoms with E-state index in [4.69, 9.17) is 0 Å². The highest BCUT2D eigenvalue weighted by atomic mass is 79.9. The molecule has 1 aromatic carbocycles. The molecule has 0 saturated carbocycles. The Morgan fingerprint density at radius 2 is 2.14 bits per heavy atom. The molecule has 0 spiro atoms.